The summed E-state index contributed by atoms with van der Waals surface area (Å²) < 4.78 is 5.31. The van der Waals surface area contributed by atoms with Gasteiger partial charge in [0.1, 0.15) is 5.54 Å². The van der Waals surface area contributed by atoms with Gasteiger partial charge in [-0.15, -0.1) is 0 Å². The molecule has 1 aromatic heterocycles. The van der Waals surface area contributed by atoms with Crippen molar-refractivity contribution in [1.29, 1.82) is 0 Å². The monoisotopic (exact) mass is 444 g/mol. The highest BCUT2D eigenvalue weighted by atomic mass is 35.5. The molecule has 2 aromatic rings. The Morgan fingerprint density at radius 3 is 2.58 bits per heavy atom. The number of benzene rings is 1. The molecule has 1 aliphatic rings. The molecule has 1 fully saturated rings. The van der Waals surface area contributed by atoms with Gasteiger partial charge >= 0.3 is 5.97 Å². The van der Waals surface area contributed by atoms with Crippen LogP contribution in [0.25, 0.3) is 11.1 Å². The quantitative estimate of drug-likeness (QED) is 0.614. The number of carbonyl (C=O) groups is 3. The van der Waals surface area contributed by atoms with Crippen molar-refractivity contribution in [3.05, 3.63) is 46.6 Å². The van der Waals surface area contributed by atoms with E-state index in [1.165, 1.54) is 13.3 Å². The molecule has 7 nitrogen and oxygen atoms in total. The Morgan fingerprint density at radius 1 is 1.32 bits per heavy atom. The van der Waals surface area contributed by atoms with Gasteiger partial charge in [-0.3, -0.25) is 9.59 Å². The molecule has 0 spiro atoms. The summed E-state index contributed by atoms with van der Waals surface area (Å²) in [6.07, 6.45) is 5.32. The van der Waals surface area contributed by atoms with Crippen LogP contribution < -0.4 is 10.1 Å². The van der Waals surface area contributed by atoms with Crippen molar-refractivity contribution in [2.24, 2.45) is 5.92 Å². The summed E-state index contributed by atoms with van der Waals surface area (Å²) in [5, 5.41) is 12.9. The second-order valence-corrected chi connectivity index (χ2v) is 8.24. The number of nitrogens with zero attached hydrogens (tertiary/aromatic N) is 1. The van der Waals surface area contributed by atoms with Crippen molar-refractivity contribution in [2.45, 2.75) is 44.6 Å². The van der Waals surface area contributed by atoms with E-state index >= 15 is 0 Å². The van der Waals surface area contributed by atoms with E-state index in [0.29, 0.717) is 41.7 Å². The lowest BCUT2D eigenvalue weighted by Crippen LogP contribution is -2.56. The number of amides is 1. The van der Waals surface area contributed by atoms with Crippen LogP contribution in [0.5, 0.6) is 5.88 Å². The normalized spacial score (nSPS) is 20.7. The average molecular weight is 445 g/mol. The van der Waals surface area contributed by atoms with Crippen LogP contribution in [0.1, 0.15) is 59.7 Å². The van der Waals surface area contributed by atoms with E-state index in [4.69, 9.17) is 16.3 Å². The molecule has 1 heterocycles. The fourth-order valence-electron chi connectivity index (χ4n) is 4.00. The largest absolute Gasteiger partial charge is 0.481 e. The molecule has 8 heteroatoms. The van der Waals surface area contributed by atoms with Gasteiger partial charge in [-0.25, -0.2) is 9.78 Å². The predicted molar refractivity (Wildman–Crippen MR) is 117 cm³/mol. The number of aliphatic carboxylic acids is 1. The number of hydrogen-bond donors (Lipinski definition) is 2. The number of ether oxygens (including phenoxy) is 1. The SMILES string of the molecule is CCC1CCC(NC(=O)c2cnc(OC)c(-c3ccc(C=O)c(Cl)c3)c2)(C(=O)O)CC1. The van der Waals surface area contributed by atoms with Gasteiger partial charge in [-0.1, -0.05) is 31.0 Å². The highest BCUT2D eigenvalue weighted by molar-refractivity contribution is 6.33. The highest BCUT2D eigenvalue weighted by Gasteiger charge is 2.43. The van der Waals surface area contributed by atoms with Crippen LogP contribution in [0.4, 0.5) is 0 Å². The molecule has 31 heavy (non-hydrogen) atoms. The van der Waals surface area contributed by atoms with E-state index in [0.717, 1.165) is 19.3 Å². The molecular formula is C23H25ClN2O5. The van der Waals surface area contributed by atoms with E-state index in [9.17, 15) is 19.5 Å². The minimum atomic E-state index is -1.28. The first-order valence-electron chi connectivity index (χ1n) is 10.2. The topological polar surface area (TPSA) is 106 Å². The lowest BCUT2D eigenvalue weighted by molar-refractivity contribution is -0.146. The smallest absolute Gasteiger partial charge is 0.329 e. The number of pyridine rings is 1. The first kappa shape index (κ1) is 22.7. The lowest BCUT2D eigenvalue weighted by Gasteiger charge is -2.37. The zero-order valence-electron chi connectivity index (χ0n) is 17.5. The van der Waals surface area contributed by atoms with E-state index in [2.05, 4.69) is 17.2 Å². The number of carboxylic acid groups (broad SMARTS) is 1. The molecule has 0 radical (unpaired) electrons. The number of carboxylic acids is 1. The Kier molecular flexibility index (Phi) is 6.95. The lowest BCUT2D eigenvalue weighted by atomic mass is 9.75. The van der Waals surface area contributed by atoms with Crippen LogP contribution in [0.2, 0.25) is 5.02 Å². The fourth-order valence-corrected chi connectivity index (χ4v) is 4.22. The maximum Gasteiger partial charge on any atom is 0.329 e. The minimum Gasteiger partial charge on any atom is -0.481 e. The van der Waals surface area contributed by atoms with E-state index in [1.807, 2.05) is 0 Å². The van der Waals surface area contributed by atoms with Crippen LogP contribution in [-0.2, 0) is 4.79 Å². The summed E-state index contributed by atoms with van der Waals surface area (Å²) in [5.41, 5.74) is 0.402. The van der Waals surface area contributed by atoms with E-state index < -0.39 is 17.4 Å². The Balaban J connectivity index is 1.91. The molecule has 0 aliphatic heterocycles. The molecule has 0 bridgehead atoms. The van der Waals surface area contributed by atoms with Crippen molar-refractivity contribution in [3.8, 4) is 17.0 Å². The molecular weight excluding hydrogens is 420 g/mol. The van der Waals surface area contributed by atoms with Crippen LogP contribution in [0.3, 0.4) is 0 Å². The van der Waals surface area contributed by atoms with Crippen LogP contribution in [0.15, 0.2) is 30.5 Å². The minimum absolute atomic E-state index is 0.213. The first-order chi connectivity index (χ1) is 14.8. The third kappa shape index (κ3) is 4.71. The van der Waals surface area contributed by atoms with Gasteiger partial charge in [0.25, 0.3) is 5.91 Å². The molecule has 3 rings (SSSR count). The second-order valence-electron chi connectivity index (χ2n) is 7.83. The fraction of sp³-hybridized carbons (Fsp3) is 0.391. The standard InChI is InChI=1S/C23H25ClN2O5/c1-3-14-6-8-23(9-7-14,22(29)30)26-20(28)17-10-18(21(31-2)25-12-17)15-4-5-16(13-27)19(24)11-15/h4-5,10-14H,3,6-9H2,1-2H3,(H,26,28)(H,29,30). The molecule has 164 valence electrons. The molecule has 1 amide bonds. The number of hydrogen-bond acceptors (Lipinski definition) is 5. The van der Waals surface area contributed by atoms with E-state index in [1.54, 1.807) is 24.3 Å². The van der Waals surface area contributed by atoms with Crippen LogP contribution in [0, 0.1) is 5.92 Å². The summed E-state index contributed by atoms with van der Waals surface area (Å²) in [6, 6.07) is 6.43. The van der Waals surface area contributed by atoms with Gasteiger partial charge in [0.15, 0.2) is 6.29 Å². The highest BCUT2D eigenvalue weighted by Crippen LogP contribution is 2.35. The Morgan fingerprint density at radius 2 is 2.03 bits per heavy atom. The number of carbonyl (C=O) groups excluding carboxylic acids is 2. The summed E-state index contributed by atoms with van der Waals surface area (Å²) >= 11 is 6.15. The number of halogens is 1. The van der Waals surface area contributed by atoms with Gasteiger partial charge in [0.2, 0.25) is 5.88 Å². The van der Waals surface area contributed by atoms with Gasteiger partial charge in [0, 0.05) is 17.3 Å². The number of rotatable bonds is 7. The third-order valence-electron chi connectivity index (χ3n) is 6.04. The maximum absolute atomic E-state index is 13.0. The summed E-state index contributed by atoms with van der Waals surface area (Å²) in [4.78, 5) is 40.3. The summed E-state index contributed by atoms with van der Waals surface area (Å²) in [5.74, 6) is -0.765. The third-order valence-corrected chi connectivity index (χ3v) is 6.37. The molecule has 0 saturated heterocycles. The second kappa shape index (κ2) is 9.47. The van der Waals surface area contributed by atoms with Crippen molar-refractivity contribution in [3.63, 3.8) is 0 Å². The molecule has 0 atom stereocenters. The van der Waals surface area contributed by atoms with Crippen molar-refractivity contribution in [2.75, 3.05) is 7.11 Å². The summed E-state index contributed by atoms with van der Waals surface area (Å²) in [6.45, 7) is 2.09. The van der Waals surface area contributed by atoms with Crippen LogP contribution >= 0.6 is 11.6 Å². The Labute approximate surface area is 185 Å². The molecule has 1 aliphatic carbocycles. The van der Waals surface area contributed by atoms with Crippen molar-refractivity contribution < 1.29 is 24.2 Å². The number of aldehydes is 1. The van der Waals surface area contributed by atoms with E-state index in [-0.39, 0.29) is 16.5 Å². The molecule has 0 unspecified atom stereocenters. The molecule has 1 saturated carbocycles. The first-order valence-corrected chi connectivity index (χ1v) is 10.6. The van der Waals surface area contributed by atoms with Crippen LogP contribution in [-0.4, -0.2) is 40.9 Å². The molecule has 1 aromatic carbocycles. The van der Waals surface area contributed by atoms with Gasteiger partial charge in [-0.05, 0) is 55.4 Å². The molecule has 2 N–H and O–H groups in total. The summed E-state index contributed by atoms with van der Waals surface area (Å²) in [7, 11) is 1.46. The maximum atomic E-state index is 13.0. The number of methoxy groups -OCH3 is 1. The van der Waals surface area contributed by atoms with Gasteiger partial charge < -0.3 is 15.2 Å². The Bertz CT molecular complexity index is 999. The van der Waals surface area contributed by atoms with Crippen molar-refractivity contribution >= 4 is 29.8 Å². The Hall–Kier alpha value is -2.93. The zero-order valence-corrected chi connectivity index (χ0v) is 18.2. The van der Waals surface area contributed by atoms with Gasteiger partial charge in [0.05, 0.1) is 17.7 Å². The average Bonchev–Trinajstić information content (AvgIpc) is 2.78. The van der Waals surface area contributed by atoms with Crippen molar-refractivity contribution in [1.82, 2.24) is 10.3 Å². The van der Waals surface area contributed by atoms with Gasteiger partial charge in [-0.2, -0.15) is 0 Å². The predicted octanol–water partition coefficient (Wildman–Crippen LogP) is 4.38. The number of aromatic nitrogens is 1. The zero-order chi connectivity index (χ0) is 22.6. The number of nitrogens with one attached hydrogen (secondary N) is 1.